The van der Waals surface area contributed by atoms with Gasteiger partial charge >= 0.3 is 0 Å². The summed E-state index contributed by atoms with van der Waals surface area (Å²) in [6.45, 7) is 2.46. The van der Waals surface area contributed by atoms with E-state index in [9.17, 15) is 14.9 Å². The van der Waals surface area contributed by atoms with Gasteiger partial charge in [0.15, 0.2) is 0 Å². The third kappa shape index (κ3) is 3.60. The van der Waals surface area contributed by atoms with Gasteiger partial charge < -0.3 is 14.8 Å². The van der Waals surface area contributed by atoms with E-state index in [1.165, 1.54) is 16.8 Å². The van der Waals surface area contributed by atoms with E-state index in [2.05, 4.69) is 5.32 Å². The summed E-state index contributed by atoms with van der Waals surface area (Å²) in [6, 6.07) is 1.36. The predicted octanol–water partition coefficient (Wildman–Crippen LogP) is 1.39. The number of likely N-dealkylation sites (tertiary alicyclic amines) is 1. The van der Waals surface area contributed by atoms with Crippen molar-refractivity contribution in [3.63, 3.8) is 0 Å². The summed E-state index contributed by atoms with van der Waals surface area (Å²) < 4.78 is 1.54. The van der Waals surface area contributed by atoms with Crippen LogP contribution in [-0.2, 0) is 7.05 Å². The molecule has 21 heavy (non-hydrogen) atoms. The molecule has 0 radical (unpaired) electrons. The highest BCUT2D eigenvalue weighted by Gasteiger charge is 2.26. The summed E-state index contributed by atoms with van der Waals surface area (Å²) in [5.41, 5.74) is 0.347. The van der Waals surface area contributed by atoms with Gasteiger partial charge in [-0.2, -0.15) is 0 Å². The van der Waals surface area contributed by atoms with Crippen molar-refractivity contribution in [1.82, 2.24) is 14.8 Å². The Morgan fingerprint density at radius 1 is 1.48 bits per heavy atom. The monoisotopic (exact) mass is 294 g/mol. The number of amides is 1. The molecule has 116 valence electrons. The number of hydrogen-bond acceptors (Lipinski definition) is 4. The molecule has 0 atom stereocenters. The molecule has 7 heteroatoms. The molecule has 0 aliphatic carbocycles. The van der Waals surface area contributed by atoms with E-state index < -0.39 is 4.92 Å². The van der Waals surface area contributed by atoms with Crippen LogP contribution in [0.3, 0.4) is 0 Å². The Hall–Kier alpha value is -1.89. The second kappa shape index (κ2) is 6.71. The average Bonchev–Trinajstić information content (AvgIpc) is 2.87. The van der Waals surface area contributed by atoms with Crippen LogP contribution in [-0.4, -0.2) is 47.0 Å². The largest absolute Gasteiger partial charge is 0.340 e. The first-order valence-electron chi connectivity index (χ1n) is 7.27. The first-order chi connectivity index (χ1) is 10.0. The molecule has 2 heterocycles. The fourth-order valence-electron chi connectivity index (χ4n) is 2.79. The van der Waals surface area contributed by atoms with Gasteiger partial charge in [-0.05, 0) is 38.8 Å². The van der Waals surface area contributed by atoms with Gasteiger partial charge in [0.05, 0.1) is 11.1 Å². The molecule has 0 unspecified atom stereocenters. The number of rotatable bonds is 5. The van der Waals surface area contributed by atoms with Gasteiger partial charge in [-0.3, -0.25) is 14.9 Å². The lowest BCUT2D eigenvalue weighted by Crippen LogP contribution is -2.39. The second-order valence-corrected chi connectivity index (χ2v) is 5.58. The fourth-order valence-corrected chi connectivity index (χ4v) is 2.79. The van der Waals surface area contributed by atoms with Gasteiger partial charge in [-0.25, -0.2) is 0 Å². The molecule has 0 aromatic carbocycles. The van der Waals surface area contributed by atoms with Gasteiger partial charge in [0.1, 0.15) is 5.69 Å². The molecule has 1 fully saturated rings. The first kappa shape index (κ1) is 15.5. The number of aryl methyl sites for hydroxylation is 1. The van der Waals surface area contributed by atoms with Gasteiger partial charge in [-0.15, -0.1) is 0 Å². The van der Waals surface area contributed by atoms with Crippen molar-refractivity contribution in [2.24, 2.45) is 13.0 Å². The minimum Gasteiger partial charge on any atom is -0.340 e. The summed E-state index contributed by atoms with van der Waals surface area (Å²) in [7, 11) is 3.61. The standard InChI is InChI=1S/C14H22N4O3/c1-15-6-3-11-4-7-17(8-5-11)14(19)13-9-12(18(20)21)10-16(13)2/h9-11,15H,3-8H2,1-2H3. The number of nitro groups is 1. The Kier molecular flexibility index (Phi) is 4.95. The van der Waals surface area contributed by atoms with Crippen molar-refractivity contribution in [2.45, 2.75) is 19.3 Å². The number of piperidine rings is 1. The van der Waals surface area contributed by atoms with Crippen molar-refractivity contribution in [2.75, 3.05) is 26.7 Å². The Morgan fingerprint density at radius 2 is 2.14 bits per heavy atom. The molecule has 1 N–H and O–H groups in total. The molecule has 1 saturated heterocycles. The normalized spacial score (nSPS) is 16.2. The van der Waals surface area contributed by atoms with E-state index in [0.29, 0.717) is 11.6 Å². The Bertz CT molecular complexity index is 518. The van der Waals surface area contributed by atoms with Gasteiger partial charge in [-0.1, -0.05) is 0 Å². The van der Waals surface area contributed by atoms with E-state index in [4.69, 9.17) is 0 Å². The topological polar surface area (TPSA) is 80.4 Å². The van der Waals surface area contributed by atoms with Gasteiger partial charge in [0, 0.05) is 26.2 Å². The Morgan fingerprint density at radius 3 is 2.67 bits per heavy atom. The maximum absolute atomic E-state index is 12.4. The molecule has 2 rings (SSSR count). The molecule has 0 bridgehead atoms. The molecular formula is C14H22N4O3. The zero-order chi connectivity index (χ0) is 15.4. The maximum Gasteiger partial charge on any atom is 0.287 e. The van der Waals surface area contributed by atoms with Crippen molar-refractivity contribution in [1.29, 1.82) is 0 Å². The molecule has 1 amide bonds. The number of hydrogen-bond donors (Lipinski definition) is 1. The van der Waals surface area contributed by atoms with Crippen LogP contribution in [0.1, 0.15) is 29.8 Å². The maximum atomic E-state index is 12.4. The van der Waals surface area contributed by atoms with Gasteiger partial charge in [0.2, 0.25) is 0 Å². The summed E-state index contributed by atoms with van der Waals surface area (Å²) in [4.78, 5) is 24.5. The summed E-state index contributed by atoms with van der Waals surface area (Å²) in [5, 5.41) is 13.9. The van der Waals surface area contributed by atoms with Crippen LogP contribution in [0.4, 0.5) is 5.69 Å². The SMILES string of the molecule is CNCCC1CCN(C(=O)c2cc([N+](=O)[O-])cn2C)CC1. The number of carbonyl (C=O) groups excluding carboxylic acids is 1. The molecule has 7 nitrogen and oxygen atoms in total. The van der Waals surface area contributed by atoms with Crippen LogP contribution in [0.5, 0.6) is 0 Å². The summed E-state index contributed by atoms with van der Waals surface area (Å²) in [5.74, 6) is 0.543. The Labute approximate surface area is 124 Å². The second-order valence-electron chi connectivity index (χ2n) is 5.58. The minimum absolute atomic E-state index is 0.0373. The third-order valence-electron chi connectivity index (χ3n) is 4.12. The smallest absolute Gasteiger partial charge is 0.287 e. The van der Waals surface area contributed by atoms with Crippen LogP contribution >= 0.6 is 0 Å². The van der Waals surface area contributed by atoms with Crippen LogP contribution in [0, 0.1) is 16.0 Å². The number of nitrogens with one attached hydrogen (secondary N) is 1. The summed E-state index contributed by atoms with van der Waals surface area (Å²) >= 11 is 0. The van der Waals surface area contributed by atoms with E-state index in [0.717, 1.165) is 38.9 Å². The van der Waals surface area contributed by atoms with Crippen LogP contribution in [0.15, 0.2) is 12.3 Å². The highest BCUT2D eigenvalue weighted by Crippen LogP contribution is 2.23. The molecule has 1 aliphatic rings. The molecule has 1 aromatic rings. The molecule has 1 aliphatic heterocycles. The lowest BCUT2D eigenvalue weighted by Gasteiger charge is -2.32. The number of nitrogens with zero attached hydrogens (tertiary/aromatic N) is 3. The number of aromatic nitrogens is 1. The molecule has 1 aromatic heterocycles. The van der Waals surface area contributed by atoms with Crippen molar-refractivity contribution in [3.05, 3.63) is 28.1 Å². The third-order valence-corrected chi connectivity index (χ3v) is 4.12. The molecular weight excluding hydrogens is 272 g/mol. The van der Waals surface area contributed by atoms with E-state index in [1.807, 2.05) is 7.05 Å². The van der Waals surface area contributed by atoms with E-state index in [1.54, 1.807) is 11.9 Å². The zero-order valence-corrected chi connectivity index (χ0v) is 12.5. The van der Waals surface area contributed by atoms with E-state index >= 15 is 0 Å². The molecule has 0 spiro atoms. The van der Waals surface area contributed by atoms with Crippen LogP contribution < -0.4 is 5.32 Å². The highest BCUT2D eigenvalue weighted by atomic mass is 16.6. The quantitative estimate of drug-likeness (QED) is 0.657. The lowest BCUT2D eigenvalue weighted by molar-refractivity contribution is -0.384. The summed E-state index contributed by atoms with van der Waals surface area (Å²) in [6.07, 6.45) is 4.51. The van der Waals surface area contributed by atoms with Crippen molar-refractivity contribution < 1.29 is 9.72 Å². The van der Waals surface area contributed by atoms with E-state index in [-0.39, 0.29) is 11.6 Å². The number of carbonyl (C=O) groups is 1. The van der Waals surface area contributed by atoms with Crippen LogP contribution in [0.25, 0.3) is 0 Å². The zero-order valence-electron chi connectivity index (χ0n) is 12.5. The van der Waals surface area contributed by atoms with Crippen molar-refractivity contribution >= 4 is 11.6 Å². The minimum atomic E-state index is -0.471. The average molecular weight is 294 g/mol. The Balaban J connectivity index is 1.97. The van der Waals surface area contributed by atoms with Crippen LogP contribution in [0.2, 0.25) is 0 Å². The predicted molar refractivity (Wildman–Crippen MR) is 79.2 cm³/mol. The highest BCUT2D eigenvalue weighted by molar-refractivity contribution is 5.93. The van der Waals surface area contributed by atoms with Crippen molar-refractivity contribution in [3.8, 4) is 0 Å². The fraction of sp³-hybridized carbons (Fsp3) is 0.643. The first-order valence-corrected chi connectivity index (χ1v) is 7.27. The molecule has 0 saturated carbocycles. The lowest BCUT2D eigenvalue weighted by atomic mass is 9.93. The van der Waals surface area contributed by atoms with Gasteiger partial charge in [0.25, 0.3) is 11.6 Å².